The van der Waals surface area contributed by atoms with E-state index in [0.29, 0.717) is 5.41 Å². The lowest BCUT2D eigenvalue weighted by atomic mass is 9.79. The van der Waals surface area contributed by atoms with E-state index < -0.39 is 0 Å². The summed E-state index contributed by atoms with van der Waals surface area (Å²) < 4.78 is 0. The van der Waals surface area contributed by atoms with Crippen molar-refractivity contribution >= 4 is 10.9 Å². The van der Waals surface area contributed by atoms with Crippen molar-refractivity contribution in [2.45, 2.75) is 25.8 Å². The van der Waals surface area contributed by atoms with Gasteiger partial charge in [0.1, 0.15) is 0 Å². The maximum absolute atomic E-state index is 3.56. The maximum Gasteiger partial charge on any atom is 0.0457 e. The number of hydrogen-bond acceptors (Lipinski definition) is 2. The third-order valence-electron chi connectivity index (χ3n) is 5.14. The summed E-state index contributed by atoms with van der Waals surface area (Å²) in [6.45, 7) is 6.03. The van der Waals surface area contributed by atoms with Gasteiger partial charge in [-0.05, 0) is 49.4 Å². The smallest absolute Gasteiger partial charge is 0.0457 e. The number of piperidine rings is 1. The molecule has 1 aromatic heterocycles. The number of likely N-dealkylation sites (tertiary alicyclic amines) is 1. The van der Waals surface area contributed by atoms with Crippen molar-refractivity contribution < 1.29 is 0 Å². The number of H-pyrrole nitrogens is 1. The molecule has 2 aliphatic rings. The third-order valence-corrected chi connectivity index (χ3v) is 5.14. The number of fused-ring (bicyclic) bond motifs is 1. The molecule has 2 N–H and O–H groups in total. The van der Waals surface area contributed by atoms with Gasteiger partial charge in [0.05, 0.1) is 0 Å². The highest BCUT2D eigenvalue weighted by atomic mass is 15.2. The molecule has 0 bridgehead atoms. The van der Waals surface area contributed by atoms with Crippen LogP contribution < -0.4 is 5.32 Å². The van der Waals surface area contributed by atoms with E-state index in [9.17, 15) is 0 Å². The fourth-order valence-electron chi connectivity index (χ4n) is 4.09. The van der Waals surface area contributed by atoms with Crippen molar-refractivity contribution in [1.82, 2.24) is 15.2 Å². The molecule has 0 radical (unpaired) electrons. The van der Waals surface area contributed by atoms with Crippen LogP contribution in [0, 0.1) is 5.41 Å². The second-order valence-electron chi connectivity index (χ2n) is 6.60. The monoisotopic (exact) mass is 269 g/mol. The van der Waals surface area contributed by atoms with Crippen LogP contribution in [-0.4, -0.2) is 36.1 Å². The molecule has 4 rings (SSSR count). The van der Waals surface area contributed by atoms with E-state index in [2.05, 4.69) is 45.7 Å². The summed E-state index contributed by atoms with van der Waals surface area (Å²) in [5.41, 5.74) is 3.27. The lowest BCUT2D eigenvalue weighted by Crippen LogP contribution is -2.43. The highest BCUT2D eigenvalue weighted by Crippen LogP contribution is 2.36. The molecule has 3 heterocycles. The van der Waals surface area contributed by atoms with Crippen LogP contribution in [0.2, 0.25) is 0 Å². The normalized spacial score (nSPS) is 27.6. The first-order valence-corrected chi connectivity index (χ1v) is 7.83. The van der Waals surface area contributed by atoms with Gasteiger partial charge in [0.25, 0.3) is 0 Å². The van der Waals surface area contributed by atoms with Gasteiger partial charge in [-0.2, -0.15) is 0 Å². The summed E-state index contributed by atoms with van der Waals surface area (Å²) >= 11 is 0. The van der Waals surface area contributed by atoms with Crippen LogP contribution >= 0.6 is 0 Å². The van der Waals surface area contributed by atoms with Gasteiger partial charge in [0, 0.05) is 36.7 Å². The average Bonchev–Trinajstić information content (AvgIpc) is 3.08. The minimum Gasteiger partial charge on any atom is -0.361 e. The second kappa shape index (κ2) is 4.90. The molecular formula is C17H23N3. The van der Waals surface area contributed by atoms with Crippen LogP contribution in [0.15, 0.2) is 30.5 Å². The van der Waals surface area contributed by atoms with Gasteiger partial charge in [0.15, 0.2) is 0 Å². The maximum atomic E-state index is 3.56. The molecule has 3 heteroatoms. The van der Waals surface area contributed by atoms with Crippen molar-refractivity contribution in [1.29, 1.82) is 0 Å². The standard InChI is InChI=1S/C17H23N3/c1-2-5-16-15(4-1)14(10-19-16)11-20-9-3-6-17(13-20)7-8-18-12-17/h1-2,4-5,10,18-19H,3,6-9,11-13H2. The average molecular weight is 269 g/mol. The molecule has 2 fully saturated rings. The first-order valence-electron chi connectivity index (χ1n) is 7.83. The highest BCUT2D eigenvalue weighted by Gasteiger charge is 2.37. The summed E-state index contributed by atoms with van der Waals surface area (Å²) in [5, 5.41) is 4.94. The van der Waals surface area contributed by atoms with E-state index in [4.69, 9.17) is 0 Å². The zero-order chi connectivity index (χ0) is 13.4. The molecule has 2 aliphatic heterocycles. The Hall–Kier alpha value is -1.32. The lowest BCUT2D eigenvalue weighted by Gasteiger charge is -2.40. The molecule has 1 aromatic carbocycles. The highest BCUT2D eigenvalue weighted by molar-refractivity contribution is 5.82. The fourth-order valence-corrected chi connectivity index (χ4v) is 4.09. The van der Waals surface area contributed by atoms with Crippen LogP contribution in [-0.2, 0) is 6.54 Å². The number of nitrogens with zero attached hydrogens (tertiary/aromatic N) is 1. The first-order chi connectivity index (χ1) is 9.85. The fraction of sp³-hybridized carbons (Fsp3) is 0.529. The van der Waals surface area contributed by atoms with Gasteiger partial charge in [0.2, 0.25) is 0 Å². The minimum absolute atomic E-state index is 0.560. The van der Waals surface area contributed by atoms with Crippen LogP contribution in [0.4, 0.5) is 0 Å². The van der Waals surface area contributed by atoms with Gasteiger partial charge in [-0.15, -0.1) is 0 Å². The van der Waals surface area contributed by atoms with E-state index in [0.717, 1.165) is 6.54 Å². The number of rotatable bonds is 2. The summed E-state index contributed by atoms with van der Waals surface area (Å²) in [6.07, 6.45) is 6.31. The van der Waals surface area contributed by atoms with E-state index in [1.807, 2.05) is 0 Å². The minimum atomic E-state index is 0.560. The van der Waals surface area contributed by atoms with Crippen molar-refractivity contribution in [3.63, 3.8) is 0 Å². The van der Waals surface area contributed by atoms with Crippen LogP contribution in [0.5, 0.6) is 0 Å². The van der Waals surface area contributed by atoms with Crippen LogP contribution in [0.3, 0.4) is 0 Å². The Morgan fingerprint density at radius 3 is 3.05 bits per heavy atom. The van der Waals surface area contributed by atoms with Gasteiger partial charge in [-0.3, -0.25) is 4.90 Å². The van der Waals surface area contributed by atoms with Gasteiger partial charge in [-0.1, -0.05) is 18.2 Å². The Kier molecular flexibility index (Phi) is 3.04. The van der Waals surface area contributed by atoms with Gasteiger partial charge < -0.3 is 10.3 Å². The summed E-state index contributed by atoms with van der Waals surface area (Å²) in [7, 11) is 0. The lowest BCUT2D eigenvalue weighted by molar-refractivity contribution is 0.0981. The molecule has 20 heavy (non-hydrogen) atoms. The topological polar surface area (TPSA) is 31.1 Å². The van der Waals surface area contributed by atoms with Crippen molar-refractivity contribution in [3.8, 4) is 0 Å². The molecule has 0 amide bonds. The summed E-state index contributed by atoms with van der Waals surface area (Å²) in [6, 6.07) is 8.64. The Balaban J connectivity index is 1.53. The van der Waals surface area contributed by atoms with Crippen LogP contribution in [0.25, 0.3) is 10.9 Å². The predicted molar refractivity (Wildman–Crippen MR) is 82.7 cm³/mol. The number of para-hydroxylation sites is 1. The molecule has 0 saturated carbocycles. The second-order valence-corrected chi connectivity index (χ2v) is 6.60. The SMILES string of the molecule is c1ccc2c(CN3CCCC4(CCNC4)C3)c[nH]c2c1. The van der Waals surface area contributed by atoms with E-state index in [1.54, 1.807) is 0 Å². The molecule has 2 saturated heterocycles. The largest absolute Gasteiger partial charge is 0.361 e. The molecule has 3 nitrogen and oxygen atoms in total. The Labute approximate surface area is 120 Å². The number of nitrogens with one attached hydrogen (secondary N) is 2. The quantitative estimate of drug-likeness (QED) is 0.878. The Morgan fingerprint density at radius 1 is 1.20 bits per heavy atom. The molecular weight excluding hydrogens is 246 g/mol. The Bertz CT molecular complexity index is 595. The van der Waals surface area contributed by atoms with E-state index in [1.165, 1.54) is 61.9 Å². The molecule has 0 aliphatic carbocycles. The Morgan fingerprint density at radius 2 is 2.15 bits per heavy atom. The molecule has 2 aromatic rings. The summed E-state index contributed by atoms with van der Waals surface area (Å²) in [4.78, 5) is 6.06. The molecule has 106 valence electrons. The summed E-state index contributed by atoms with van der Waals surface area (Å²) in [5.74, 6) is 0. The van der Waals surface area contributed by atoms with E-state index >= 15 is 0 Å². The zero-order valence-electron chi connectivity index (χ0n) is 12.0. The van der Waals surface area contributed by atoms with Crippen molar-refractivity contribution in [2.75, 3.05) is 26.2 Å². The van der Waals surface area contributed by atoms with Crippen molar-refractivity contribution in [3.05, 3.63) is 36.0 Å². The number of aromatic nitrogens is 1. The van der Waals surface area contributed by atoms with E-state index in [-0.39, 0.29) is 0 Å². The van der Waals surface area contributed by atoms with Gasteiger partial charge in [-0.25, -0.2) is 0 Å². The molecule has 1 spiro atoms. The van der Waals surface area contributed by atoms with Gasteiger partial charge >= 0.3 is 0 Å². The first kappa shape index (κ1) is 12.4. The number of benzene rings is 1. The third kappa shape index (κ3) is 2.15. The molecule has 1 unspecified atom stereocenters. The number of hydrogen-bond donors (Lipinski definition) is 2. The van der Waals surface area contributed by atoms with Crippen molar-refractivity contribution in [2.24, 2.45) is 5.41 Å². The molecule has 1 atom stereocenters. The predicted octanol–water partition coefficient (Wildman–Crippen LogP) is 2.74. The number of aromatic amines is 1. The van der Waals surface area contributed by atoms with Crippen LogP contribution in [0.1, 0.15) is 24.8 Å². The zero-order valence-corrected chi connectivity index (χ0v) is 12.0.